The van der Waals surface area contributed by atoms with Crippen molar-refractivity contribution in [3.8, 4) is 0 Å². The maximum Gasteiger partial charge on any atom is 0.317 e. The maximum absolute atomic E-state index is 12.5. The molecule has 2 aromatic carbocycles. The number of carbonyl (C=O) groups is 3. The highest BCUT2D eigenvalue weighted by molar-refractivity contribution is 6.30. The molecule has 1 saturated carbocycles. The zero-order valence-corrected chi connectivity index (χ0v) is 17.1. The highest BCUT2D eigenvalue weighted by atomic mass is 35.5. The van der Waals surface area contributed by atoms with E-state index in [9.17, 15) is 14.4 Å². The summed E-state index contributed by atoms with van der Waals surface area (Å²) < 4.78 is 5.19. The molecule has 1 aliphatic rings. The van der Waals surface area contributed by atoms with E-state index in [2.05, 4.69) is 10.6 Å². The predicted molar refractivity (Wildman–Crippen MR) is 111 cm³/mol. The lowest BCUT2D eigenvalue weighted by molar-refractivity contribution is -0.151. The van der Waals surface area contributed by atoms with Crippen LogP contribution in [0.2, 0.25) is 5.02 Å². The summed E-state index contributed by atoms with van der Waals surface area (Å²) in [5, 5.41) is 5.82. The van der Waals surface area contributed by atoms with Crippen LogP contribution in [0, 0.1) is 13.8 Å². The van der Waals surface area contributed by atoms with Gasteiger partial charge in [0.05, 0.1) is 12.0 Å². The van der Waals surface area contributed by atoms with Gasteiger partial charge in [0, 0.05) is 10.7 Å². The molecule has 0 spiro atoms. The summed E-state index contributed by atoms with van der Waals surface area (Å²) in [7, 11) is 0. The Bertz CT molecular complexity index is 936. The molecule has 0 heterocycles. The minimum atomic E-state index is -0.690. The van der Waals surface area contributed by atoms with Gasteiger partial charge in [-0.05, 0) is 61.6 Å². The number of anilines is 1. The number of ether oxygens (including phenoxy) is 1. The van der Waals surface area contributed by atoms with Crippen LogP contribution in [0.1, 0.15) is 29.5 Å². The van der Waals surface area contributed by atoms with E-state index < -0.39 is 23.9 Å². The molecular weight excluding hydrogens is 392 g/mol. The number of benzene rings is 2. The summed E-state index contributed by atoms with van der Waals surface area (Å²) in [6, 6.07) is 12.7. The number of hydrogen-bond acceptors (Lipinski definition) is 4. The van der Waals surface area contributed by atoms with Crippen LogP contribution in [0.3, 0.4) is 0 Å². The van der Waals surface area contributed by atoms with Gasteiger partial charge in [-0.15, -0.1) is 0 Å². The summed E-state index contributed by atoms with van der Waals surface area (Å²) in [6.07, 6.45) is 1.35. The Balaban J connectivity index is 1.45. The Labute approximate surface area is 174 Å². The first-order valence-corrected chi connectivity index (χ1v) is 9.76. The molecule has 2 N–H and O–H groups in total. The minimum absolute atomic E-state index is 0.202. The van der Waals surface area contributed by atoms with Crippen molar-refractivity contribution in [1.29, 1.82) is 0 Å². The summed E-state index contributed by atoms with van der Waals surface area (Å²) >= 11 is 5.89. The standard InChI is InChI=1S/C22H23ClN2O4/c1-14-4-3-5-18(15(14)2)25-19(26)12-24-20(27)13-29-21(28)22(10-11-22)16-6-8-17(23)9-7-16/h3-9H,10-13H2,1-2H3,(H,24,27)(H,25,26). The van der Waals surface area contributed by atoms with Crippen molar-refractivity contribution in [2.24, 2.45) is 0 Å². The van der Waals surface area contributed by atoms with Gasteiger partial charge >= 0.3 is 5.97 Å². The number of halogens is 1. The van der Waals surface area contributed by atoms with Crippen LogP contribution in [-0.2, 0) is 24.5 Å². The van der Waals surface area contributed by atoms with Gasteiger partial charge in [0.15, 0.2) is 6.61 Å². The van der Waals surface area contributed by atoms with E-state index in [0.717, 1.165) is 16.7 Å². The quantitative estimate of drug-likeness (QED) is 0.681. The lowest BCUT2D eigenvalue weighted by Gasteiger charge is -2.15. The fourth-order valence-electron chi connectivity index (χ4n) is 3.08. The van der Waals surface area contributed by atoms with Crippen LogP contribution < -0.4 is 10.6 Å². The Morgan fingerprint density at radius 1 is 1.03 bits per heavy atom. The molecule has 0 saturated heterocycles. The van der Waals surface area contributed by atoms with Gasteiger partial charge in [0.25, 0.3) is 5.91 Å². The second-order valence-corrected chi connectivity index (χ2v) is 7.67. The van der Waals surface area contributed by atoms with Gasteiger partial charge in [-0.3, -0.25) is 14.4 Å². The Hall–Kier alpha value is -2.86. The van der Waals surface area contributed by atoms with Gasteiger partial charge in [0.1, 0.15) is 0 Å². The van der Waals surface area contributed by atoms with Crippen LogP contribution in [0.5, 0.6) is 0 Å². The average Bonchev–Trinajstić information content (AvgIpc) is 3.50. The van der Waals surface area contributed by atoms with Crippen molar-refractivity contribution in [2.45, 2.75) is 32.1 Å². The van der Waals surface area contributed by atoms with E-state index >= 15 is 0 Å². The second-order valence-electron chi connectivity index (χ2n) is 7.24. The third-order valence-electron chi connectivity index (χ3n) is 5.20. The molecule has 0 atom stereocenters. The monoisotopic (exact) mass is 414 g/mol. The fourth-order valence-corrected chi connectivity index (χ4v) is 3.21. The Morgan fingerprint density at radius 2 is 1.72 bits per heavy atom. The average molecular weight is 415 g/mol. The van der Waals surface area contributed by atoms with E-state index in [-0.39, 0.29) is 12.5 Å². The van der Waals surface area contributed by atoms with Crippen LogP contribution in [0.4, 0.5) is 5.69 Å². The topological polar surface area (TPSA) is 84.5 Å². The molecule has 3 rings (SSSR count). The first-order valence-electron chi connectivity index (χ1n) is 9.38. The summed E-state index contributed by atoms with van der Waals surface area (Å²) in [6.45, 7) is 3.24. The van der Waals surface area contributed by atoms with Gasteiger partial charge in [-0.2, -0.15) is 0 Å². The Morgan fingerprint density at radius 3 is 2.38 bits per heavy atom. The molecule has 0 unspecified atom stereocenters. The first-order chi connectivity index (χ1) is 13.8. The molecule has 1 aliphatic carbocycles. The van der Waals surface area contributed by atoms with Crippen molar-refractivity contribution < 1.29 is 19.1 Å². The SMILES string of the molecule is Cc1cccc(NC(=O)CNC(=O)COC(=O)C2(c3ccc(Cl)cc3)CC2)c1C. The van der Waals surface area contributed by atoms with Gasteiger partial charge in [-0.25, -0.2) is 0 Å². The maximum atomic E-state index is 12.5. The highest BCUT2D eigenvalue weighted by Gasteiger charge is 2.52. The van der Waals surface area contributed by atoms with Crippen molar-refractivity contribution in [1.82, 2.24) is 5.32 Å². The van der Waals surface area contributed by atoms with E-state index in [0.29, 0.717) is 23.6 Å². The third-order valence-corrected chi connectivity index (χ3v) is 5.45. The normalized spacial score (nSPS) is 14.0. The molecule has 152 valence electrons. The summed E-state index contributed by atoms with van der Waals surface area (Å²) in [5.41, 5.74) is 2.88. The zero-order chi connectivity index (χ0) is 21.0. The molecule has 2 amide bonds. The Kier molecular flexibility index (Phi) is 6.23. The van der Waals surface area contributed by atoms with Crippen molar-refractivity contribution >= 4 is 35.1 Å². The molecular formula is C22H23ClN2O4. The number of aryl methyl sites for hydroxylation is 1. The van der Waals surface area contributed by atoms with Crippen LogP contribution in [0.25, 0.3) is 0 Å². The van der Waals surface area contributed by atoms with E-state index in [4.69, 9.17) is 16.3 Å². The molecule has 6 nitrogen and oxygen atoms in total. The molecule has 0 bridgehead atoms. The largest absolute Gasteiger partial charge is 0.455 e. The van der Waals surface area contributed by atoms with Crippen molar-refractivity contribution in [3.05, 3.63) is 64.2 Å². The van der Waals surface area contributed by atoms with Gasteiger partial charge in [-0.1, -0.05) is 35.9 Å². The number of rotatable bonds is 7. The molecule has 0 aliphatic heterocycles. The smallest absolute Gasteiger partial charge is 0.317 e. The van der Waals surface area contributed by atoms with E-state index in [1.54, 1.807) is 30.3 Å². The summed E-state index contributed by atoms with van der Waals surface area (Å²) in [5.74, 6) is -1.31. The van der Waals surface area contributed by atoms with Crippen molar-refractivity contribution in [2.75, 3.05) is 18.5 Å². The zero-order valence-electron chi connectivity index (χ0n) is 16.4. The van der Waals surface area contributed by atoms with Crippen molar-refractivity contribution in [3.63, 3.8) is 0 Å². The lowest BCUT2D eigenvalue weighted by atomic mass is 9.96. The molecule has 1 fully saturated rings. The lowest BCUT2D eigenvalue weighted by Crippen LogP contribution is -2.36. The number of esters is 1. The number of amides is 2. The predicted octanol–water partition coefficient (Wildman–Crippen LogP) is 3.29. The minimum Gasteiger partial charge on any atom is -0.455 e. The fraction of sp³-hybridized carbons (Fsp3) is 0.318. The van der Waals surface area contributed by atoms with Gasteiger partial charge in [0.2, 0.25) is 5.91 Å². The molecule has 2 aromatic rings. The van der Waals surface area contributed by atoms with E-state index in [1.165, 1.54) is 0 Å². The molecule has 0 aromatic heterocycles. The highest BCUT2D eigenvalue weighted by Crippen LogP contribution is 2.49. The van der Waals surface area contributed by atoms with Crippen LogP contribution in [-0.4, -0.2) is 30.9 Å². The number of hydrogen-bond donors (Lipinski definition) is 2. The van der Waals surface area contributed by atoms with E-state index in [1.807, 2.05) is 26.0 Å². The number of carbonyl (C=O) groups excluding carboxylic acids is 3. The molecule has 7 heteroatoms. The van der Waals surface area contributed by atoms with Crippen LogP contribution in [0.15, 0.2) is 42.5 Å². The van der Waals surface area contributed by atoms with Crippen LogP contribution >= 0.6 is 11.6 Å². The number of nitrogens with one attached hydrogen (secondary N) is 2. The molecule has 29 heavy (non-hydrogen) atoms. The second kappa shape index (κ2) is 8.66. The molecule has 0 radical (unpaired) electrons. The van der Waals surface area contributed by atoms with Gasteiger partial charge < -0.3 is 15.4 Å². The third kappa shape index (κ3) is 4.95. The first kappa shape index (κ1) is 20.9. The summed E-state index contributed by atoms with van der Waals surface area (Å²) in [4.78, 5) is 36.5.